The van der Waals surface area contributed by atoms with E-state index in [1.165, 1.54) is 11.0 Å². The highest BCUT2D eigenvalue weighted by molar-refractivity contribution is 9.10. The third-order valence-electron chi connectivity index (χ3n) is 5.48. The quantitative estimate of drug-likeness (QED) is 0.185. The molecule has 4 rings (SSSR count). The molecule has 1 saturated heterocycles. The van der Waals surface area contributed by atoms with Gasteiger partial charge in [0.1, 0.15) is 16.7 Å². The minimum atomic E-state index is -0.755. The highest BCUT2D eigenvalue weighted by Gasteiger charge is 2.41. The molecule has 1 N–H and O–H groups in total. The zero-order chi connectivity index (χ0) is 25.7. The fourth-order valence-electron chi connectivity index (χ4n) is 3.74. The van der Waals surface area contributed by atoms with Crippen molar-refractivity contribution in [2.45, 2.75) is 18.2 Å². The molecule has 180 valence electrons. The van der Waals surface area contributed by atoms with Crippen LogP contribution < -0.4 is 10.2 Å². The number of anilines is 1. The zero-order valence-electron chi connectivity index (χ0n) is 18.8. The first-order chi connectivity index (χ1) is 17.4. The maximum atomic E-state index is 13.6. The Labute approximate surface area is 219 Å². The van der Waals surface area contributed by atoms with E-state index in [1.807, 2.05) is 36.4 Å². The summed E-state index contributed by atoms with van der Waals surface area (Å²) in [5.41, 5.74) is 1.47. The molecule has 0 saturated carbocycles. The average molecular weight is 563 g/mol. The Morgan fingerprint density at radius 1 is 1.08 bits per heavy atom. The van der Waals surface area contributed by atoms with Gasteiger partial charge in [-0.3, -0.25) is 24.6 Å². The molecule has 8 nitrogen and oxygen atoms in total. The van der Waals surface area contributed by atoms with Crippen LogP contribution in [0.4, 0.5) is 11.4 Å². The smallest absolute Gasteiger partial charge is 0.272 e. The number of para-hydroxylation sites is 1. The van der Waals surface area contributed by atoms with Gasteiger partial charge in [-0.25, -0.2) is 0 Å². The van der Waals surface area contributed by atoms with E-state index in [0.29, 0.717) is 11.3 Å². The van der Waals surface area contributed by atoms with Crippen LogP contribution >= 0.6 is 27.7 Å². The molecule has 1 aliphatic heterocycles. The number of carbonyl (C=O) groups is 2. The summed E-state index contributed by atoms with van der Waals surface area (Å²) in [6, 6.07) is 24.4. The molecule has 0 unspecified atom stereocenters. The van der Waals surface area contributed by atoms with Crippen molar-refractivity contribution in [3.05, 3.63) is 115 Å². The third kappa shape index (κ3) is 5.48. The molecule has 2 amide bonds. The molecule has 3 aromatic carbocycles. The van der Waals surface area contributed by atoms with E-state index in [-0.39, 0.29) is 35.2 Å². The number of nitro groups is 1. The van der Waals surface area contributed by atoms with Crippen LogP contribution in [0.2, 0.25) is 0 Å². The maximum Gasteiger partial charge on any atom is 0.272 e. The summed E-state index contributed by atoms with van der Waals surface area (Å²) in [7, 11) is 0. The van der Waals surface area contributed by atoms with E-state index in [0.717, 1.165) is 21.8 Å². The SMILES string of the molecule is N#C/C(C(=O)NCc1ccccc1)=C1/S[C@@H](Cc2ccccc2[N+](=O)[O-])C(=O)N1c1ccc(Br)cc1. The number of benzene rings is 3. The number of hydrogen-bond acceptors (Lipinski definition) is 6. The zero-order valence-corrected chi connectivity index (χ0v) is 21.2. The summed E-state index contributed by atoms with van der Waals surface area (Å²) in [5, 5.41) is 23.6. The number of hydrogen-bond donors (Lipinski definition) is 1. The minimum absolute atomic E-state index is 0.0710. The summed E-state index contributed by atoms with van der Waals surface area (Å²) in [4.78, 5) is 38.9. The van der Waals surface area contributed by atoms with Gasteiger partial charge in [0.15, 0.2) is 0 Å². The highest BCUT2D eigenvalue weighted by Crippen LogP contribution is 2.42. The van der Waals surface area contributed by atoms with Crippen molar-refractivity contribution >= 4 is 50.9 Å². The Kier molecular flexibility index (Phi) is 7.83. The Morgan fingerprint density at radius 2 is 1.75 bits per heavy atom. The van der Waals surface area contributed by atoms with Crippen molar-refractivity contribution in [3.63, 3.8) is 0 Å². The molecule has 10 heteroatoms. The van der Waals surface area contributed by atoms with Crippen molar-refractivity contribution in [1.29, 1.82) is 5.26 Å². The maximum absolute atomic E-state index is 13.6. The normalized spacial score (nSPS) is 16.4. The topological polar surface area (TPSA) is 116 Å². The van der Waals surface area contributed by atoms with Crippen LogP contribution in [0.5, 0.6) is 0 Å². The first-order valence-corrected chi connectivity index (χ1v) is 12.5. The van der Waals surface area contributed by atoms with Crippen molar-refractivity contribution in [3.8, 4) is 6.07 Å². The standard InChI is InChI=1S/C26H19BrN4O4S/c27-19-10-12-20(13-11-19)30-25(33)23(14-18-8-4-5-9-22(18)31(34)35)36-26(30)21(15-28)24(32)29-16-17-6-2-1-3-7-17/h1-13,23H,14,16H2,(H,29,32)/b26-21-/t23-/m0/s1. The van der Waals surface area contributed by atoms with Gasteiger partial charge in [-0.1, -0.05) is 76.2 Å². The van der Waals surface area contributed by atoms with E-state index < -0.39 is 16.1 Å². The fourth-order valence-corrected chi connectivity index (χ4v) is 5.30. The second kappa shape index (κ2) is 11.2. The van der Waals surface area contributed by atoms with Crippen molar-refractivity contribution < 1.29 is 14.5 Å². The van der Waals surface area contributed by atoms with Crippen LogP contribution in [-0.2, 0) is 22.6 Å². The van der Waals surface area contributed by atoms with E-state index in [2.05, 4.69) is 21.2 Å². The van der Waals surface area contributed by atoms with E-state index in [9.17, 15) is 25.0 Å². The predicted octanol–water partition coefficient (Wildman–Crippen LogP) is 5.10. The number of nitro benzene ring substituents is 1. The molecular weight excluding hydrogens is 544 g/mol. The van der Waals surface area contributed by atoms with Gasteiger partial charge in [-0.2, -0.15) is 5.26 Å². The molecule has 36 heavy (non-hydrogen) atoms. The lowest BCUT2D eigenvalue weighted by Crippen LogP contribution is -2.32. The van der Waals surface area contributed by atoms with E-state index in [4.69, 9.17) is 0 Å². The van der Waals surface area contributed by atoms with Crippen molar-refractivity contribution in [2.75, 3.05) is 4.90 Å². The molecule has 1 aliphatic rings. The predicted molar refractivity (Wildman–Crippen MR) is 141 cm³/mol. The molecule has 0 aliphatic carbocycles. The monoisotopic (exact) mass is 562 g/mol. The molecule has 0 spiro atoms. The summed E-state index contributed by atoms with van der Waals surface area (Å²) in [6.45, 7) is 0.217. The Bertz CT molecular complexity index is 1390. The molecule has 1 fully saturated rings. The van der Waals surface area contributed by atoms with Gasteiger partial charge in [0, 0.05) is 34.8 Å². The molecule has 1 atom stereocenters. The Hall–Kier alpha value is -3.94. The molecule has 3 aromatic rings. The molecule has 0 radical (unpaired) electrons. The number of thioether (sulfide) groups is 1. The fraction of sp³-hybridized carbons (Fsp3) is 0.115. The number of halogens is 1. The number of nitrogens with zero attached hydrogens (tertiary/aromatic N) is 3. The van der Waals surface area contributed by atoms with Crippen LogP contribution in [0, 0.1) is 21.4 Å². The number of nitrogens with one attached hydrogen (secondary N) is 1. The Balaban J connectivity index is 1.70. The summed E-state index contributed by atoms with van der Waals surface area (Å²) < 4.78 is 0.800. The van der Waals surface area contributed by atoms with Crippen LogP contribution in [0.15, 0.2) is 93.9 Å². The Morgan fingerprint density at radius 3 is 2.42 bits per heavy atom. The number of nitriles is 1. The van der Waals surface area contributed by atoms with Gasteiger partial charge >= 0.3 is 0 Å². The second-order valence-corrected chi connectivity index (χ2v) is 9.91. The van der Waals surface area contributed by atoms with Crippen molar-refractivity contribution in [1.82, 2.24) is 5.32 Å². The van der Waals surface area contributed by atoms with Crippen molar-refractivity contribution in [2.24, 2.45) is 0 Å². The highest BCUT2D eigenvalue weighted by atomic mass is 79.9. The summed E-state index contributed by atoms with van der Waals surface area (Å²) >= 11 is 4.43. The van der Waals surface area contributed by atoms with Gasteiger partial charge in [0.05, 0.1) is 10.2 Å². The lowest BCUT2D eigenvalue weighted by Gasteiger charge is -2.19. The molecular formula is C26H19BrN4O4S. The lowest BCUT2D eigenvalue weighted by molar-refractivity contribution is -0.385. The van der Waals surface area contributed by atoms with E-state index in [1.54, 1.807) is 42.5 Å². The average Bonchev–Trinajstić information content (AvgIpc) is 3.19. The van der Waals surface area contributed by atoms with Gasteiger partial charge in [-0.05, 0) is 29.8 Å². The largest absolute Gasteiger partial charge is 0.347 e. The third-order valence-corrected chi connectivity index (χ3v) is 7.27. The van der Waals surface area contributed by atoms with Crippen LogP contribution in [0.3, 0.4) is 0 Å². The van der Waals surface area contributed by atoms with Gasteiger partial charge < -0.3 is 5.32 Å². The van der Waals surface area contributed by atoms with Crippen LogP contribution in [0.25, 0.3) is 0 Å². The lowest BCUT2D eigenvalue weighted by atomic mass is 10.1. The van der Waals surface area contributed by atoms with Crippen LogP contribution in [-0.4, -0.2) is 22.0 Å². The molecule has 1 heterocycles. The molecule has 0 bridgehead atoms. The summed E-state index contributed by atoms with van der Waals surface area (Å²) in [5.74, 6) is -0.968. The summed E-state index contributed by atoms with van der Waals surface area (Å²) in [6.07, 6.45) is 0.0710. The van der Waals surface area contributed by atoms with Gasteiger partial charge in [0.2, 0.25) is 5.91 Å². The first kappa shape index (κ1) is 25.2. The number of carbonyl (C=O) groups excluding carboxylic acids is 2. The van der Waals surface area contributed by atoms with Crippen LogP contribution in [0.1, 0.15) is 11.1 Å². The first-order valence-electron chi connectivity index (χ1n) is 10.8. The van der Waals surface area contributed by atoms with Gasteiger partial charge in [-0.15, -0.1) is 0 Å². The number of amides is 2. The minimum Gasteiger partial charge on any atom is -0.347 e. The van der Waals surface area contributed by atoms with Gasteiger partial charge in [0.25, 0.3) is 11.6 Å². The molecule has 0 aromatic heterocycles. The number of rotatable bonds is 7. The second-order valence-electron chi connectivity index (χ2n) is 7.81. The van der Waals surface area contributed by atoms with E-state index >= 15 is 0 Å².